The SMILES string of the molecule is COc1ccc(-n2nc(C(=O)NCC3CCCO3)c3ccccc3c2=O)c(OC)c1. The Hall–Kier alpha value is -3.39. The van der Waals surface area contributed by atoms with Crippen molar-refractivity contribution in [2.75, 3.05) is 27.4 Å². The number of nitrogens with one attached hydrogen (secondary N) is 1. The van der Waals surface area contributed by atoms with E-state index in [9.17, 15) is 9.59 Å². The van der Waals surface area contributed by atoms with Crippen LogP contribution in [0.3, 0.4) is 0 Å². The Morgan fingerprint density at radius 2 is 2.00 bits per heavy atom. The zero-order valence-corrected chi connectivity index (χ0v) is 16.9. The van der Waals surface area contributed by atoms with Gasteiger partial charge in [-0.1, -0.05) is 18.2 Å². The number of benzene rings is 2. The predicted octanol–water partition coefficient (Wildman–Crippen LogP) is 2.31. The molecular weight excluding hydrogens is 386 g/mol. The topological polar surface area (TPSA) is 91.7 Å². The third-order valence-electron chi connectivity index (χ3n) is 5.15. The Kier molecular flexibility index (Phi) is 5.67. The standard InChI is InChI=1S/C22H23N3O5/c1-28-14-9-10-18(19(12-14)29-2)25-22(27)17-8-4-3-7-16(17)20(24-25)21(26)23-13-15-6-5-11-30-15/h3-4,7-10,12,15H,5-6,11,13H2,1-2H3,(H,23,26). The van der Waals surface area contributed by atoms with E-state index in [1.807, 2.05) is 0 Å². The molecule has 1 unspecified atom stereocenters. The van der Waals surface area contributed by atoms with Crippen LogP contribution >= 0.6 is 0 Å². The molecule has 3 aromatic rings. The van der Waals surface area contributed by atoms with E-state index < -0.39 is 0 Å². The number of amides is 1. The van der Waals surface area contributed by atoms with E-state index in [-0.39, 0.29) is 23.3 Å². The van der Waals surface area contributed by atoms with Gasteiger partial charge in [0, 0.05) is 24.6 Å². The van der Waals surface area contributed by atoms with Crippen LogP contribution in [-0.4, -0.2) is 49.2 Å². The number of carbonyl (C=O) groups excluding carboxylic acids is 1. The van der Waals surface area contributed by atoms with Gasteiger partial charge < -0.3 is 19.5 Å². The van der Waals surface area contributed by atoms with Crippen molar-refractivity contribution in [2.24, 2.45) is 0 Å². The fourth-order valence-electron chi connectivity index (χ4n) is 3.58. The van der Waals surface area contributed by atoms with Crippen LogP contribution in [0.15, 0.2) is 47.3 Å². The average molecular weight is 409 g/mol. The van der Waals surface area contributed by atoms with E-state index in [1.165, 1.54) is 11.8 Å². The average Bonchev–Trinajstić information content (AvgIpc) is 3.31. The Morgan fingerprint density at radius 3 is 2.70 bits per heavy atom. The molecule has 4 rings (SSSR count). The van der Waals surface area contributed by atoms with Gasteiger partial charge in [0.25, 0.3) is 11.5 Å². The number of nitrogens with zero attached hydrogens (tertiary/aromatic N) is 2. The number of aromatic nitrogens is 2. The summed E-state index contributed by atoms with van der Waals surface area (Å²) in [5, 5.41) is 8.19. The second-order valence-corrected chi connectivity index (χ2v) is 6.99. The van der Waals surface area contributed by atoms with Crippen LogP contribution in [0.5, 0.6) is 11.5 Å². The zero-order chi connectivity index (χ0) is 21.1. The number of fused-ring (bicyclic) bond motifs is 1. The largest absolute Gasteiger partial charge is 0.497 e. The predicted molar refractivity (Wildman–Crippen MR) is 112 cm³/mol. The van der Waals surface area contributed by atoms with E-state index in [0.717, 1.165) is 12.8 Å². The quantitative estimate of drug-likeness (QED) is 0.672. The Balaban J connectivity index is 1.80. The number of hydrogen-bond acceptors (Lipinski definition) is 6. The van der Waals surface area contributed by atoms with E-state index in [2.05, 4.69) is 10.4 Å². The summed E-state index contributed by atoms with van der Waals surface area (Å²) in [6.45, 7) is 1.11. The van der Waals surface area contributed by atoms with Crippen molar-refractivity contribution in [3.63, 3.8) is 0 Å². The maximum absolute atomic E-state index is 13.2. The molecule has 1 aliphatic heterocycles. The maximum Gasteiger partial charge on any atom is 0.279 e. The van der Waals surface area contributed by atoms with Crippen molar-refractivity contribution in [2.45, 2.75) is 18.9 Å². The normalized spacial score (nSPS) is 15.9. The molecule has 8 heteroatoms. The third-order valence-corrected chi connectivity index (χ3v) is 5.15. The van der Waals surface area contributed by atoms with Crippen LogP contribution in [0.4, 0.5) is 0 Å². The van der Waals surface area contributed by atoms with Crippen molar-refractivity contribution < 1.29 is 19.0 Å². The van der Waals surface area contributed by atoms with Crippen LogP contribution in [0.1, 0.15) is 23.3 Å². The molecule has 1 fully saturated rings. The lowest BCUT2D eigenvalue weighted by molar-refractivity contribution is 0.0854. The minimum atomic E-state index is -0.358. The Bertz CT molecular complexity index is 1140. The molecule has 2 heterocycles. The van der Waals surface area contributed by atoms with Crippen LogP contribution in [0, 0.1) is 0 Å². The van der Waals surface area contributed by atoms with Gasteiger partial charge in [-0.2, -0.15) is 9.78 Å². The number of carbonyl (C=O) groups is 1. The summed E-state index contributed by atoms with van der Waals surface area (Å²) < 4.78 is 17.4. The minimum absolute atomic E-state index is 0.00722. The van der Waals surface area contributed by atoms with Crippen LogP contribution < -0.4 is 20.3 Å². The molecule has 1 amide bonds. The summed E-state index contributed by atoms with van der Waals surface area (Å²) in [6, 6.07) is 12.0. The Labute approximate surface area is 173 Å². The second kappa shape index (κ2) is 8.54. The fraction of sp³-hybridized carbons (Fsp3) is 0.318. The van der Waals surface area contributed by atoms with E-state index >= 15 is 0 Å². The number of methoxy groups -OCH3 is 2. The first kappa shape index (κ1) is 19.9. The van der Waals surface area contributed by atoms with E-state index in [4.69, 9.17) is 14.2 Å². The van der Waals surface area contributed by atoms with Crippen molar-refractivity contribution in [1.82, 2.24) is 15.1 Å². The van der Waals surface area contributed by atoms with Gasteiger partial charge in [0.05, 0.1) is 25.7 Å². The van der Waals surface area contributed by atoms with Crippen LogP contribution in [0.2, 0.25) is 0 Å². The second-order valence-electron chi connectivity index (χ2n) is 6.99. The summed E-state index contributed by atoms with van der Waals surface area (Å²) in [5.74, 6) is 0.631. The van der Waals surface area contributed by atoms with Crippen molar-refractivity contribution in [3.05, 3.63) is 58.5 Å². The molecular formula is C22H23N3O5. The lowest BCUT2D eigenvalue weighted by atomic mass is 10.1. The van der Waals surface area contributed by atoms with Gasteiger partial charge in [-0.25, -0.2) is 0 Å². The summed E-state index contributed by atoms with van der Waals surface area (Å²) in [6.07, 6.45) is 1.91. The molecule has 0 saturated carbocycles. The summed E-state index contributed by atoms with van der Waals surface area (Å²) in [5.41, 5.74) is 0.244. The highest BCUT2D eigenvalue weighted by Gasteiger charge is 2.21. The smallest absolute Gasteiger partial charge is 0.279 e. The van der Waals surface area contributed by atoms with Gasteiger partial charge in [-0.05, 0) is 31.0 Å². The minimum Gasteiger partial charge on any atom is -0.497 e. The van der Waals surface area contributed by atoms with Crippen LogP contribution in [-0.2, 0) is 4.74 Å². The first-order valence-corrected chi connectivity index (χ1v) is 9.76. The van der Waals surface area contributed by atoms with Crippen molar-refractivity contribution in [3.8, 4) is 17.2 Å². The molecule has 2 aromatic carbocycles. The third kappa shape index (κ3) is 3.73. The lowest BCUT2D eigenvalue weighted by Gasteiger charge is -2.15. The maximum atomic E-state index is 13.2. The fourth-order valence-corrected chi connectivity index (χ4v) is 3.58. The van der Waals surface area contributed by atoms with Gasteiger partial charge in [-0.15, -0.1) is 0 Å². The molecule has 8 nitrogen and oxygen atoms in total. The molecule has 1 atom stereocenters. The number of ether oxygens (including phenoxy) is 3. The highest BCUT2D eigenvalue weighted by molar-refractivity contribution is 6.04. The van der Waals surface area contributed by atoms with Gasteiger partial charge in [-0.3, -0.25) is 9.59 Å². The summed E-state index contributed by atoms with van der Waals surface area (Å²) in [7, 11) is 3.05. The molecule has 0 spiro atoms. The van der Waals surface area contributed by atoms with Crippen molar-refractivity contribution in [1.29, 1.82) is 0 Å². The molecule has 0 aliphatic carbocycles. The Morgan fingerprint density at radius 1 is 1.20 bits per heavy atom. The van der Waals surface area contributed by atoms with Gasteiger partial charge in [0.1, 0.15) is 17.2 Å². The summed E-state index contributed by atoms with van der Waals surface area (Å²) >= 11 is 0. The monoisotopic (exact) mass is 409 g/mol. The number of hydrogen-bond donors (Lipinski definition) is 1. The van der Waals surface area contributed by atoms with Crippen LogP contribution in [0.25, 0.3) is 16.5 Å². The molecule has 1 aliphatic rings. The highest BCUT2D eigenvalue weighted by atomic mass is 16.5. The van der Waals surface area contributed by atoms with Gasteiger partial charge in [0.2, 0.25) is 0 Å². The molecule has 30 heavy (non-hydrogen) atoms. The lowest BCUT2D eigenvalue weighted by Crippen LogP contribution is -2.34. The summed E-state index contributed by atoms with van der Waals surface area (Å²) in [4.78, 5) is 26.1. The first-order chi connectivity index (χ1) is 14.6. The first-order valence-electron chi connectivity index (χ1n) is 9.76. The highest BCUT2D eigenvalue weighted by Crippen LogP contribution is 2.27. The molecule has 156 valence electrons. The molecule has 0 radical (unpaired) electrons. The van der Waals surface area contributed by atoms with Crippen molar-refractivity contribution >= 4 is 16.7 Å². The number of rotatable bonds is 6. The molecule has 1 saturated heterocycles. The zero-order valence-electron chi connectivity index (χ0n) is 16.9. The van der Waals surface area contributed by atoms with E-state index in [0.29, 0.717) is 41.1 Å². The molecule has 0 bridgehead atoms. The van der Waals surface area contributed by atoms with Gasteiger partial charge in [0.15, 0.2) is 5.69 Å². The molecule has 1 aromatic heterocycles. The molecule has 1 N–H and O–H groups in total. The van der Waals surface area contributed by atoms with Gasteiger partial charge >= 0.3 is 0 Å². The van der Waals surface area contributed by atoms with E-state index in [1.54, 1.807) is 49.6 Å².